The molecule has 2 aromatic rings. The summed E-state index contributed by atoms with van der Waals surface area (Å²) in [5.41, 5.74) is 1.30. The number of hydrogen-bond acceptors (Lipinski definition) is 3. The van der Waals surface area contributed by atoms with Crippen LogP contribution in [0.3, 0.4) is 0 Å². The van der Waals surface area contributed by atoms with Crippen LogP contribution in [0.5, 0.6) is 5.75 Å². The van der Waals surface area contributed by atoms with Gasteiger partial charge in [0.25, 0.3) is 0 Å². The van der Waals surface area contributed by atoms with Crippen LogP contribution in [-0.4, -0.2) is 12.6 Å². The Morgan fingerprint density at radius 2 is 1.90 bits per heavy atom. The lowest BCUT2D eigenvalue weighted by molar-refractivity contribution is 0.0525. The standard InChI is InChI=1S/C16H14BrClO3/c1-2-20-16(19)14-12(17)8-9-13(15(14)18)21-10-11-6-4-3-5-7-11/h3-9H,2,10H2,1H3. The molecule has 0 aliphatic carbocycles. The molecule has 0 saturated carbocycles. The van der Waals surface area contributed by atoms with Crippen molar-refractivity contribution in [3.63, 3.8) is 0 Å². The van der Waals surface area contributed by atoms with Gasteiger partial charge in [-0.1, -0.05) is 41.9 Å². The minimum absolute atomic E-state index is 0.249. The molecular formula is C16H14BrClO3. The minimum Gasteiger partial charge on any atom is -0.487 e. The molecule has 0 amide bonds. The van der Waals surface area contributed by atoms with Gasteiger partial charge in [0.1, 0.15) is 12.4 Å². The van der Waals surface area contributed by atoms with Crippen LogP contribution in [0.2, 0.25) is 5.02 Å². The average molecular weight is 370 g/mol. The first-order valence-electron chi connectivity index (χ1n) is 6.45. The summed E-state index contributed by atoms with van der Waals surface area (Å²) in [5, 5.41) is 0.249. The van der Waals surface area contributed by atoms with E-state index in [0.29, 0.717) is 16.8 Å². The summed E-state index contributed by atoms with van der Waals surface area (Å²) in [6.07, 6.45) is 0. The zero-order chi connectivity index (χ0) is 15.2. The minimum atomic E-state index is -0.473. The Labute approximate surface area is 137 Å². The molecule has 0 atom stereocenters. The molecule has 0 aromatic heterocycles. The van der Waals surface area contributed by atoms with E-state index in [9.17, 15) is 4.79 Å². The number of carbonyl (C=O) groups excluding carboxylic acids is 1. The molecule has 2 rings (SSSR count). The number of benzene rings is 2. The maximum atomic E-state index is 11.9. The smallest absolute Gasteiger partial charge is 0.340 e. The maximum Gasteiger partial charge on any atom is 0.340 e. The third-order valence-corrected chi connectivity index (χ3v) is 3.81. The van der Waals surface area contributed by atoms with Gasteiger partial charge < -0.3 is 9.47 Å². The van der Waals surface area contributed by atoms with E-state index in [2.05, 4.69) is 15.9 Å². The van der Waals surface area contributed by atoms with Gasteiger partial charge in [-0.15, -0.1) is 0 Å². The fourth-order valence-corrected chi connectivity index (χ4v) is 2.67. The first-order valence-corrected chi connectivity index (χ1v) is 7.62. The van der Waals surface area contributed by atoms with Crippen LogP contribution in [0.4, 0.5) is 0 Å². The third-order valence-electron chi connectivity index (χ3n) is 2.77. The van der Waals surface area contributed by atoms with Crippen molar-refractivity contribution >= 4 is 33.5 Å². The highest BCUT2D eigenvalue weighted by atomic mass is 79.9. The zero-order valence-corrected chi connectivity index (χ0v) is 13.8. The van der Waals surface area contributed by atoms with Crippen LogP contribution in [0.25, 0.3) is 0 Å². The lowest BCUT2D eigenvalue weighted by Gasteiger charge is -2.12. The van der Waals surface area contributed by atoms with Crippen LogP contribution >= 0.6 is 27.5 Å². The average Bonchev–Trinajstić information content (AvgIpc) is 2.48. The number of hydrogen-bond donors (Lipinski definition) is 0. The monoisotopic (exact) mass is 368 g/mol. The Hall–Kier alpha value is -1.52. The van der Waals surface area contributed by atoms with Crippen molar-refractivity contribution in [3.05, 3.63) is 63.1 Å². The molecule has 0 aliphatic rings. The molecule has 3 nitrogen and oxygen atoms in total. The predicted molar refractivity (Wildman–Crippen MR) is 85.9 cm³/mol. The molecule has 0 fully saturated rings. The molecule has 0 heterocycles. The third kappa shape index (κ3) is 3.99. The highest BCUT2D eigenvalue weighted by Gasteiger charge is 2.19. The van der Waals surface area contributed by atoms with Crippen LogP contribution in [0.15, 0.2) is 46.9 Å². The lowest BCUT2D eigenvalue weighted by atomic mass is 10.2. The van der Waals surface area contributed by atoms with Gasteiger partial charge >= 0.3 is 5.97 Å². The van der Waals surface area contributed by atoms with Crippen molar-refractivity contribution in [3.8, 4) is 5.75 Å². The Kier molecular flexibility index (Phi) is 5.65. The number of esters is 1. The summed E-state index contributed by atoms with van der Waals surface area (Å²) in [4.78, 5) is 11.9. The molecule has 0 saturated heterocycles. The van der Waals surface area contributed by atoms with Crippen LogP contribution in [0, 0.1) is 0 Å². The molecule has 2 aromatic carbocycles. The summed E-state index contributed by atoms with van der Waals surface area (Å²) < 4.78 is 11.3. The van der Waals surface area contributed by atoms with Crippen molar-refractivity contribution in [1.29, 1.82) is 0 Å². The van der Waals surface area contributed by atoms with Crippen molar-refractivity contribution in [2.45, 2.75) is 13.5 Å². The van der Waals surface area contributed by atoms with Crippen LogP contribution in [-0.2, 0) is 11.3 Å². The molecule has 0 unspecified atom stereocenters. The number of ether oxygens (including phenoxy) is 2. The molecular weight excluding hydrogens is 356 g/mol. The van der Waals surface area contributed by atoms with Gasteiger partial charge in [0.2, 0.25) is 0 Å². The van der Waals surface area contributed by atoms with Crippen LogP contribution in [0.1, 0.15) is 22.8 Å². The van der Waals surface area contributed by atoms with E-state index in [1.807, 2.05) is 30.3 Å². The second kappa shape index (κ2) is 7.48. The normalized spacial score (nSPS) is 10.2. The second-order valence-corrected chi connectivity index (χ2v) is 5.46. The number of carbonyl (C=O) groups is 1. The van der Waals surface area contributed by atoms with E-state index in [0.717, 1.165) is 5.56 Å². The number of halogens is 2. The van der Waals surface area contributed by atoms with E-state index in [1.54, 1.807) is 19.1 Å². The van der Waals surface area contributed by atoms with Crippen molar-refractivity contribution in [1.82, 2.24) is 0 Å². The van der Waals surface area contributed by atoms with Crippen LogP contribution < -0.4 is 4.74 Å². The van der Waals surface area contributed by atoms with E-state index >= 15 is 0 Å². The van der Waals surface area contributed by atoms with Gasteiger partial charge in [0.05, 0.1) is 17.2 Å². The quantitative estimate of drug-likeness (QED) is 0.706. The molecule has 0 aliphatic heterocycles. The maximum absolute atomic E-state index is 11.9. The molecule has 21 heavy (non-hydrogen) atoms. The van der Waals surface area contributed by atoms with Crippen molar-refractivity contribution in [2.75, 3.05) is 6.61 Å². The summed E-state index contributed by atoms with van der Waals surface area (Å²) in [5.74, 6) is -0.0219. The molecule has 5 heteroatoms. The molecule has 0 radical (unpaired) electrons. The van der Waals surface area contributed by atoms with Gasteiger partial charge in [-0.05, 0) is 40.5 Å². The SMILES string of the molecule is CCOC(=O)c1c(Br)ccc(OCc2ccccc2)c1Cl. The molecule has 0 spiro atoms. The first kappa shape index (κ1) is 15.9. The topological polar surface area (TPSA) is 35.5 Å². The first-order chi connectivity index (χ1) is 10.1. The Balaban J connectivity index is 2.21. The zero-order valence-electron chi connectivity index (χ0n) is 11.4. The van der Waals surface area contributed by atoms with E-state index in [1.165, 1.54) is 0 Å². The summed E-state index contributed by atoms with van der Waals surface area (Å²) >= 11 is 9.56. The van der Waals surface area contributed by atoms with Crippen molar-refractivity contribution < 1.29 is 14.3 Å². The Bertz CT molecular complexity index is 629. The fraction of sp³-hybridized carbons (Fsp3) is 0.188. The van der Waals surface area contributed by atoms with Gasteiger partial charge in [0, 0.05) is 4.47 Å². The highest BCUT2D eigenvalue weighted by Crippen LogP contribution is 2.34. The lowest BCUT2D eigenvalue weighted by Crippen LogP contribution is -2.07. The summed E-state index contributed by atoms with van der Waals surface area (Å²) in [6, 6.07) is 13.2. The molecule has 0 bridgehead atoms. The summed E-state index contributed by atoms with van der Waals surface area (Å²) in [6.45, 7) is 2.41. The second-order valence-electron chi connectivity index (χ2n) is 4.23. The predicted octanol–water partition coefficient (Wildman–Crippen LogP) is 4.86. The van der Waals surface area contributed by atoms with Gasteiger partial charge in [-0.2, -0.15) is 0 Å². The summed E-state index contributed by atoms with van der Waals surface area (Å²) in [7, 11) is 0. The van der Waals surface area contributed by atoms with Gasteiger partial charge in [-0.25, -0.2) is 4.79 Å². The van der Waals surface area contributed by atoms with Gasteiger partial charge in [0.15, 0.2) is 0 Å². The Morgan fingerprint density at radius 3 is 2.57 bits per heavy atom. The van der Waals surface area contributed by atoms with Crippen molar-refractivity contribution in [2.24, 2.45) is 0 Å². The molecule has 0 N–H and O–H groups in total. The van der Waals surface area contributed by atoms with E-state index in [4.69, 9.17) is 21.1 Å². The highest BCUT2D eigenvalue weighted by molar-refractivity contribution is 9.10. The van der Waals surface area contributed by atoms with E-state index in [-0.39, 0.29) is 17.2 Å². The van der Waals surface area contributed by atoms with E-state index < -0.39 is 5.97 Å². The fourth-order valence-electron chi connectivity index (χ4n) is 1.77. The van der Waals surface area contributed by atoms with Gasteiger partial charge in [-0.3, -0.25) is 0 Å². The largest absolute Gasteiger partial charge is 0.487 e. The number of rotatable bonds is 5. The Morgan fingerprint density at radius 1 is 1.19 bits per heavy atom. The molecule has 110 valence electrons.